The third-order valence-electron chi connectivity index (χ3n) is 2.80. The fourth-order valence-corrected chi connectivity index (χ4v) is 2.29. The van der Waals surface area contributed by atoms with E-state index in [1.54, 1.807) is 6.07 Å². The monoisotopic (exact) mass is 286 g/mol. The zero-order chi connectivity index (χ0) is 11.5. The summed E-state index contributed by atoms with van der Waals surface area (Å²) in [5.41, 5.74) is 0.752. The van der Waals surface area contributed by atoms with Crippen molar-refractivity contribution in [1.29, 1.82) is 0 Å². The summed E-state index contributed by atoms with van der Waals surface area (Å²) in [6, 6.07) is 3.24. The topological polar surface area (TPSA) is 55.7 Å². The zero-order valence-electron chi connectivity index (χ0n) is 8.91. The summed E-state index contributed by atoms with van der Waals surface area (Å²) >= 11 is 3.39. The number of aromatic hydroxyl groups is 2. The van der Waals surface area contributed by atoms with E-state index in [-0.39, 0.29) is 11.5 Å². The maximum atomic E-state index is 9.79. The van der Waals surface area contributed by atoms with Gasteiger partial charge in [-0.3, -0.25) is 4.90 Å². The fraction of sp³-hybridized carbons (Fsp3) is 0.455. The van der Waals surface area contributed by atoms with Crippen LogP contribution in [0.4, 0.5) is 0 Å². The lowest BCUT2D eigenvalue weighted by atomic mass is 10.1. The minimum atomic E-state index is -0.0617. The molecule has 1 aliphatic heterocycles. The highest BCUT2D eigenvalue weighted by Crippen LogP contribution is 2.34. The Morgan fingerprint density at radius 2 is 1.94 bits per heavy atom. The molecule has 2 rings (SSSR count). The van der Waals surface area contributed by atoms with E-state index in [1.165, 1.54) is 6.07 Å². The molecule has 5 heteroatoms. The minimum absolute atomic E-state index is 0.0205. The number of benzene rings is 1. The van der Waals surface area contributed by atoms with Crippen LogP contribution < -0.4 is 5.32 Å². The smallest absolute Gasteiger partial charge is 0.163 e. The number of phenols is 2. The van der Waals surface area contributed by atoms with Crippen molar-refractivity contribution in [3.05, 3.63) is 22.2 Å². The van der Waals surface area contributed by atoms with E-state index in [9.17, 15) is 10.2 Å². The lowest BCUT2D eigenvalue weighted by molar-refractivity contribution is 0.229. The molecule has 16 heavy (non-hydrogen) atoms. The van der Waals surface area contributed by atoms with Gasteiger partial charge in [0.05, 0.1) is 0 Å². The maximum absolute atomic E-state index is 9.79. The first kappa shape index (κ1) is 11.7. The van der Waals surface area contributed by atoms with Crippen LogP contribution in [-0.2, 0) is 6.54 Å². The van der Waals surface area contributed by atoms with Gasteiger partial charge in [0.15, 0.2) is 11.5 Å². The SMILES string of the molecule is Oc1ccc(Br)c(CN2CCNCC2)c1O. The van der Waals surface area contributed by atoms with Crippen LogP contribution in [0.5, 0.6) is 11.5 Å². The molecule has 1 aromatic rings. The molecule has 0 spiro atoms. The van der Waals surface area contributed by atoms with Crippen molar-refractivity contribution in [1.82, 2.24) is 10.2 Å². The Hall–Kier alpha value is -0.780. The van der Waals surface area contributed by atoms with Crippen molar-refractivity contribution in [2.45, 2.75) is 6.54 Å². The minimum Gasteiger partial charge on any atom is -0.504 e. The number of halogens is 1. The van der Waals surface area contributed by atoms with Gasteiger partial charge in [-0.1, -0.05) is 15.9 Å². The lowest BCUT2D eigenvalue weighted by Gasteiger charge is -2.27. The van der Waals surface area contributed by atoms with Crippen molar-refractivity contribution >= 4 is 15.9 Å². The summed E-state index contributed by atoms with van der Waals surface area (Å²) in [4.78, 5) is 2.25. The molecule has 0 amide bonds. The summed E-state index contributed by atoms with van der Waals surface area (Å²) in [5, 5.41) is 22.5. The summed E-state index contributed by atoms with van der Waals surface area (Å²) in [7, 11) is 0. The van der Waals surface area contributed by atoms with Gasteiger partial charge in [0, 0.05) is 42.8 Å². The Balaban J connectivity index is 2.16. The van der Waals surface area contributed by atoms with Crippen LogP contribution in [0.1, 0.15) is 5.56 Å². The number of hydrogen-bond acceptors (Lipinski definition) is 4. The first-order valence-electron chi connectivity index (χ1n) is 5.31. The highest BCUT2D eigenvalue weighted by atomic mass is 79.9. The van der Waals surface area contributed by atoms with Crippen molar-refractivity contribution in [2.75, 3.05) is 26.2 Å². The Labute approximate surface area is 103 Å². The number of rotatable bonds is 2. The van der Waals surface area contributed by atoms with Crippen LogP contribution in [0.15, 0.2) is 16.6 Å². The lowest BCUT2D eigenvalue weighted by Crippen LogP contribution is -2.42. The van der Waals surface area contributed by atoms with Crippen LogP contribution >= 0.6 is 15.9 Å². The molecule has 1 aromatic carbocycles. The van der Waals surface area contributed by atoms with E-state index >= 15 is 0 Å². The molecule has 0 unspecified atom stereocenters. The van der Waals surface area contributed by atoms with Crippen LogP contribution in [0.25, 0.3) is 0 Å². The van der Waals surface area contributed by atoms with Crippen molar-refractivity contribution in [3.8, 4) is 11.5 Å². The second-order valence-corrected chi connectivity index (χ2v) is 4.77. The molecule has 88 valence electrons. The Morgan fingerprint density at radius 3 is 2.62 bits per heavy atom. The number of nitrogens with one attached hydrogen (secondary N) is 1. The van der Waals surface area contributed by atoms with E-state index in [0.717, 1.165) is 36.2 Å². The summed E-state index contributed by atoms with van der Waals surface area (Å²) in [5.74, 6) is -0.0822. The first-order chi connectivity index (χ1) is 7.68. The Kier molecular flexibility index (Phi) is 3.68. The number of phenolic OH excluding ortho intramolecular Hbond substituents is 2. The summed E-state index contributed by atoms with van der Waals surface area (Å²) < 4.78 is 0.835. The highest BCUT2D eigenvalue weighted by molar-refractivity contribution is 9.10. The predicted molar refractivity (Wildman–Crippen MR) is 65.6 cm³/mol. The van der Waals surface area contributed by atoms with Crippen molar-refractivity contribution in [2.24, 2.45) is 0 Å². The number of piperazine rings is 1. The molecule has 3 N–H and O–H groups in total. The quantitative estimate of drug-likeness (QED) is 0.717. The molecule has 0 radical (unpaired) electrons. The van der Waals surface area contributed by atoms with E-state index in [2.05, 4.69) is 26.1 Å². The molecular weight excluding hydrogens is 272 g/mol. The van der Waals surface area contributed by atoms with Gasteiger partial charge in [-0.05, 0) is 12.1 Å². The van der Waals surface area contributed by atoms with Crippen molar-refractivity contribution < 1.29 is 10.2 Å². The second-order valence-electron chi connectivity index (χ2n) is 3.92. The van der Waals surface area contributed by atoms with Crippen LogP contribution in [-0.4, -0.2) is 41.3 Å². The predicted octanol–water partition coefficient (Wildman–Crippen LogP) is 1.27. The largest absolute Gasteiger partial charge is 0.504 e. The molecule has 0 aromatic heterocycles. The van der Waals surface area contributed by atoms with Crippen molar-refractivity contribution in [3.63, 3.8) is 0 Å². The third kappa shape index (κ3) is 2.48. The summed E-state index contributed by atoms with van der Waals surface area (Å²) in [6.45, 7) is 4.51. The average molecular weight is 287 g/mol. The number of hydrogen-bond donors (Lipinski definition) is 3. The average Bonchev–Trinajstić information content (AvgIpc) is 2.31. The molecular formula is C11H15BrN2O2. The van der Waals surface area contributed by atoms with E-state index < -0.39 is 0 Å². The van der Waals surface area contributed by atoms with E-state index in [1.807, 2.05) is 0 Å². The number of nitrogens with zero attached hydrogens (tertiary/aromatic N) is 1. The van der Waals surface area contributed by atoms with Gasteiger partial charge in [0.2, 0.25) is 0 Å². The van der Waals surface area contributed by atoms with E-state index in [0.29, 0.717) is 6.54 Å². The maximum Gasteiger partial charge on any atom is 0.163 e. The van der Waals surface area contributed by atoms with Gasteiger partial charge in [-0.2, -0.15) is 0 Å². The Morgan fingerprint density at radius 1 is 1.25 bits per heavy atom. The van der Waals surface area contributed by atoms with Crippen LogP contribution in [0.2, 0.25) is 0 Å². The molecule has 4 nitrogen and oxygen atoms in total. The van der Waals surface area contributed by atoms with Gasteiger partial charge >= 0.3 is 0 Å². The van der Waals surface area contributed by atoms with Gasteiger partial charge < -0.3 is 15.5 Å². The molecule has 1 saturated heterocycles. The van der Waals surface area contributed by atoms with Crippen LogP contribution in [0.3, 0.4) is 0 Å². The fourth-order valence-electron chi connectivity index (χ4n) is 1.84. The molecule has 0 bridgehead atoms. The molecule has 1 aliphatic rings. The third-order valence-corrected chi connectivity index (χ3v) is 3.54. The highest BCUT2D eigenvalue weighted by Gasteiger charge is 2.16. The Bertz CT molecular complexity index is 378. The summed E-state index contributed by atoms with van der Waals surface area (Å²) in [6.07, 6.45) is 0. The molecule has 1 fully saturated rings. The molecule has 1 heterocycles. The van der Waals surface area contributed by atoms with E-state index in [4.69, 9.17) is 0 Å². The van der Waals surface area contributed by atoms with Gasteiger partial charge in [0.1, 0.15) is 0 Å². The normalized spacial score (nSPS) is 17.6. The standard InChI is InChI=1S/C11H15BrN2O2/c12-9-1-2-10(15)11(16)8(9)7-14-5-3-13-4-6-14/h1-2,13,15-16H,3-7H2. The van der Waals surface area contributed by atoms with Gasteiger partial charge in [-0.25, -0.2) is 0 Å². The molecule has 0 atom stereocenters. The zero-order valence-corrected chi connectivity index (χ0v) is 10.5. The van der Waals surface area contributed by atoms with Crippen LogP contribution in [0, 0.1) is 0 Å². The van der Waals surface area contributed by atoms with Gasteiger partial charge in [-0.15, -0.1) is 0 Å². The molecule has 0 aliphatic carbocycles. The molecule has 0 saturated carbocycles. The first-order valence-corrected chi connectivity index (χ1v) is 6.10. The second kappa shape index (κ2) is 5.03. The van der Waals surface area contributed by atoms with Gasteiger partial charge in [0.25, 0.3) is 0 Å².